The van der Waals surface area contributed by atoms with Gasteiger partial charge in [-0.25, -0.2) is 4.68 Å². The molecule has 1 atom stereocenters. The molecule has 7 nitrogen and oxygen atoms in total. The van der Waals surface area contributed by atoms with Crippen LogP contribution >= 0.6 is 0 Å². The van der Waals surface area contributed by atoms with Crippen molar-refractivity contribution in [3.8, 4) is 0 Å². The summed E-state index contributed by atoms with van der Waals surface area (Å²) >= 11 is 0. The average Bonchev–Trinajstić information content (AvgIpc) is 2.76. The average molecular weight is 295 g/mol. The molecule has 1 aromatic rings. The highest BCUT2D eigenvalue weighted by Crippen LogP contribution is 2.29. The molecule has 1 unspecified atom stereocenters. The minimum absolute atomic E-state index is 0.116. The third-order valence-electron chi connectivity index (χ3n) is 3.97. The zero-order valence-corrected chi connectivity index (χ0v) is 13.1. The molecule has 7 heteroatoms. The second kappa shape index (κ2) is 6.89. The molecular formula is C14H25N5O2. The number of piperidine rings is 1. The van der Waals surface area contributed by atoms with E-state index in [9.17, 15) is 10.1 Å². The van der Waals surface area contributed by atoms with E-state index in [1.165, 1.54) is 19.3 Å². The zero-order valence-electron chi connectivity index (χ0n) is 13.1. The zero-order chi connectivity index (χ0) is 15.4. The van der Waals surface area contributed by atoms with Crippen molar-refractivity contribution in [1.82, 2.24) is 14.7 Å². The molecule has 0 radical (unpaired) electrons. The minimum Gasteiger partial charge on any atom is -0.361 e. The third kappa shape index (κ3) is 3.72. The van der Waals surface area contributed by atoms with Gasteiger partial charge in [0.2, 0.25) is 5.82 Å². The minimum atomic E-state index is -0.332. The molecule has 1 N–H and O–H groups in total. The first-order chi connectivity index (χ1) is 10.0. The molecule has 21 heavy (non-hydrogen) atoms. The summed E-state index contributed by atoms with van der Waals surface area (Å²) in [5, 5.41) is 18.8. The van der Waals surface area contributed by atoms with E-state index in [1.54, 1.807) is 11.7 Å². The van der Waals surface area contributed by atoms with E-state index in [2.05, 4.69) is 22.2 Å². The van der Waals surface area contributed by atoms with Crippen LogP contribution in [0.5, 0.6) is 0 Å². The second-order valence-corrected chi connectivity index (χ2v) is 5.78. The van der Waals surface area contributed by atoms with Crippen LogP contribution in [0.2, 0.25) is 0 Å². The molecule has 1 fully saturated rings. The van der Waals surface area contributed by atoms with Crippen LogP contribution in [0, 0.1) is 10.1 Å². The first kappa shape index (κ1) is 15.8. The maximum atomic E-state index is 11.3. The van der Waals surface area contributed by atoms with Gasteiger partial charge in [0.25, 0.3) is 0 Å². The molecule has 1 aromatic heterocycles. The Morgan fingerprint density at radius 3 is 2.62 bits per heavy atom. The number of nitrogens with zero attached hydrogens (tertiary/aromatic N) is 4. The molecule has 0 amide bonds. The molecule has 2 rings (SSSR count). The van der Waals surface area contributed by atoms with Gasteiger partial charge in [-0.15, -0.1) is 0 Å². The summed E-state index contributed by atoms with van der Waals surface area (Å²) in [6.07, 6.45) is 4.37. The fraction of sp³-hybridized carbons (Fsp3) is 0.786. The molecule has 1 aliphatic heterocycles. The van der Waals surface area contributed by atoms with Gasteiger partial charge in [0.15, 0.2) is 0 Å². The number of hydrogen-bond acceptors (Lipinski definition) is 5. The Bertz CT molecular complexity index is 494. The van der Waals surface area contributed by atoms with Crippen molar-refractivity contribution in [1.29, 1.82) is 0 Å². The summed E-state index contributed by atoms with van der Waals surface area (Å²) in [4.78, 5) is 13.4. The molecular weight excluding hydrogens is 270 g/mol. The SMILES string of the molecule is CCc1nn(C)c(NC(C)CN2CCCCC2)c1[N+](=O)[O-]. The molecule has 0 aliphatic carbocycles. The van der Waals surface area contributed by atoms with Gasteiger partial charge >= 0.3 is 5.69 Å². The fourth-order valence-corrected chi connectivity index (χ4v) is 2.97. The van der Waals surface area contributed by atoms with Crippen LogP contribution in [-0.4, -0.2) is 45.3 Å². The molecule has 118 valence electrons. The number of aromatic nitrogens is 2. The van der Waals surface area contributed by atoms with Gasteiger partial charge in [-0.3, -0.25) is 10.1 Å². The highest BCUT2D eigenvalue weighted by molar-refractivity contribution is 5.60. The molecule has 0 bridgehead atoms. The number of rotatable bonds is 6. The number of hydrogen-bond donors (Lipinski definition) is 1. The van der Waals surface area contributed by atoms with Crippen LogP contribution in [0.1, 0.15) is 38.8 Å². The number of nitro groups is 1. The molecule has 2 heterocycles. The highest BCUT2D eigenvalue weighted by Gasteiger charge is 2.26. The second-order valence-electron chi connectivity index (χ2n) is 5.78. The van der Waals surface area contributed by atoms with Gasteiger partial charge < -0.3 is 10.2 Å². The van der Waals surface area contributed by atoms with Crippen molar-refractivity contribution in [2.24, 2.45) is 7.05 Å². The Kier molecular flexibility index (Phi) is 5.17. The van der Waals surface area contributed by atoms with E-state index in [0.717, 1.165) is 19.6 Å². The Labute approximate surface area is 125 Å². The Morgan fingerprint density at radius 1 is 1.38 bits per heavy atom. The quantitative estimate of drug-likeness (QED) is 0.643. The van der Waals surface area contributed by atoms with E-state index in [-0.39, 0.29) is 16.7 Å². The van der Waals surface area contributed by atoms with Crippen molar-refractivity contribution in [2.75, 3.05) is 25.0 Å². The normalized spacial score (nSPS) is 17.7. The van der Waals surface area contributed by atoms with E-state index in [0.29, 0.717) is 17.9 Å². The lowest BCUT2D eigenvalue weighted by Gasteiger charge is -2.29. The van der Waals surface area contributed by atoms with E-state index in [1.807, 2.05) is 6.92 Å². The van der Waals surface area contributed by atoms with Gasteiger partial charge in [0, 0.05) is 19.6 Å². The van der Waals surface area contributed by atoms with Crippen LogP contribution < -0.4 is 5.32 Å². The maximum absolute atomic E-state index is 11.3. The van der Waals surface area contributed by atoms with Crippen LogP contribution in [0.4, 0.5) is 11.5 Å². The third-order valence-corrected chi connectivity index (χ3v) is 3.97. The summed E-state index contributed by atoms with van der Waals surface area (Å²) in [7, 11) is 1.75. The Balaban J connectivity index is 2.07. The van der Waals surface area contributed by atoms with Gasteiger partial charge in [-0.1, -0.05) is 13.3 Å². The van der Waals surface area contributed by atoms with Gasteiger partial charge in [-0.05, 0) is 39.3 Å². The summed E-state index contributed by atoms with van der Waals surface area (Å²) in [5.41, 5.74) is 0.653. The fourth-order valence-electron chi connectivity index (χ4n) is 2.97. The molecule has 1 saturated heterocycles. The smallest absolute Gasteiger partial charge is 0.333 e. The largest absolute Gasteiger partial charge is 0.361 e. The lowest BCUT2D eigenvalue weighted by molar-refractivity contribution is -0.384. The summed E-state index contributed by atoms with van der Waals surface area (Å²) in [5.74, 6) is 0.515. The Morgan fingerprint density at radius 2 is 2.05 bits per heavy atom. The van der Waals surface area contributed by atoms with E-state index < -0.39 is 0 Å². The standard InChI is InChI=1S/C14H25N5O2/c1-4-12-13(19(20)21)14(17(3)16-12)15-11(2)10-18-8-6-5-7-9-18/h11,15H,4-10H2,1-3H3. The molecule has 1 aliphatic rings. The lowest BCUT2D eigenvalue weighted by Crippen LogP contribution is -2.38. The monoisotopic (exact) mass is 295 g/mol. The predicted octanol–water partition coefficient (Wildman–Crippen LogP) is 2.18. The lowest BCUT2D eigenvalue weighted by atomic mass is 10.1. The first-order valence-corrected chi connectivity index (χ1v) is 7.72. The van der Waals surface area contributed by atoms with Crippen molar-refractivity contribution < 1.29 is 4.92 Å². The molecule has 0 aromatic carbocycles. The van der Waals surface area contributed by atoms with Crippen LogP contribution in [0.3, 0.4) is 0 Å². The molecule has 0 saturated carbocycles. The van der Waals surface area contributed by atoms with E-state index >= 15 is 0 Å². The van der Waals surface area contributed by atoms with Gasteiger partial charge in [0.1, 0.15) is 5.69 Å². The molecule has 0 spiro atoms. The summed E-state index contributed by atoms with van der Waals surface area (Å²) in [6, 6.07) is 0.155. The number of likely N-dealkylation sites (tertiary alicyclic amines) is 1. The van der Waals surface area contributed by atoms with Crippen LogP contribution in [0.25, 0.3) is 0 Å². The van der Waals surface area contributed by atoms with Crippen LogP contribution in [-0.2, 0) is 13.5 Å². The first-order valence-electron chi connectivity index (χ1n) is 7.72. The number of anilines is 1. The summed E-state index contributed by atoms with van der Waals surface area (Å²) < 4.78 is 1.59. The summed E-state index contributed by atoms with van der Waals surface area (Å²) in [6.45, 7) is 7.11. The number of aryl methyl sites for hydroxylation is 2. The topological polar surface area (TPSA) is 76.2 Å². The number of nitrogens with one attached hydrogen (secondary N) is 1. The van der Waals surface area contributed by atoms with Crippen LogP contribution in [0.15, 0.2) is 0 Å². The van der Waals surface area contributed by atoms with Gasteiger partial charge in [-0.2, -0.15) is 5.10 Å². The van der Waals surface area contributed by atoms with E-state index in [4.69, 9.17) is 0 Å². The van der Waals surface area contributed by atoms with Gasteiger partial charge in [0.05, 0.1) is 4.92 Å². The highest BCUT2D eigenvalue weighted by atomic mass is 16.6. The van der Waals surface area contributed by atoms with Crippen molar-refractivity contribution in [3.63, 3.8) is 0 Å². The van der Waals surface area contributed by atoms with Crippen molar-refractivity contribution in [2.45, 2.75) is 45.6 Å². The predicted molar refractivity (Wildman–Crippen MR) is 82.6 cm³/mol. The Hall–Kier alpha value is -1.63. The van der Waals surface area contributed by atoms with Crippen molar-refractivity contribution in [3.05, 3.63) is 15.8 Å². The maximum Gasteiger partial charge on any atom is 0.333 e. The van der Waals surface area contributed by atoms with Crippen molar-refractivity contribution >= 4 is 11.5 Å².